The Morgan fingerprint density at radius 3 is 2.47 bits per heavy atom. The summed E-state index contributed by atoms with van der Waals surface area (Å²) in [5, 5.41) is 9.84. The van der Waals surface area contributed by atoms with E-state index in [0.29, 0.717) is 5.02 Å². The lowest BCUT2D eigenvalue weighted by atomic mass is 9.67. The molecule has 1 N–H and O–H groups in total. The molecule has 0 atom stereocenters. The smallest absolute Gasteiger partial charge is 0.304 e. The third-order valence-electron chi connectivity index (χ3n) is 3.75. The standard InChI is InChI=1S/C14H17ClO2/c15-12-7-3-2-6-11(12)14(10-13(16)17)8-4-1-5-9-14/h2-3,6-7H,1,4-5,8-10H2,(H,16,17). The van der Waals surface area contributed by atoms with Crippen LogP contribution in [-0.4, -0.2) is 11.1 Å². The van der Waals surface area contributed by atoms with Gasteiger partial charge in [0.05, 0.1) is 6.42 Å². The van der Waals surface area contributed by atoms with E-state index in [9.17, 15) is 4.79 Å². The minimum absolute atomic E-state index is 0.191. The summed E-state index contributed by atoms with van der Waals surface area (Å²) in [7, 11) is 0. The quantitative estimate of drug-likeness (QED) is 0.882. The van der Waals surface area contributed by atoms with Crippen molar-refractivity contribution in [3.63, 3.8) is 0 Å². The van der Waals surface area contributed by atoms with Crippen LogP contribution in [0.2, 0.25) is 5.02 Å². The monoisotopic (exact) mass is 252 g/mol. The Hall–Kier alpha value is -1.02. The van der Waals surface area contributed by atoms with Gasteiger partial charge < -0.3 is 5.11 Å². The van der Waals surface area contributed by atoms with Crippen molar-refractivity contribution in [2.75, 3.05) is 0 Å². The van der Waals surface area contributed by atoms with Crippen LogP contribution in [0.5, 0.6) is 0 Å². The second kappa shape index (κ2) is 5.09. The summed E-state index contributed by atoms with van der Waals surface area (Å²) in [4.78, 5) is 11.1. The van der Waals surface area contributed by atoms with Crippen molar-refractivity contribution in [2.24, 2.45) is 0 Å². The highest BCUT2D eigenvalue weighted by Crippen LogP contribution is 2.44. The Morgan fingerprint density at radius 2 is 1.88 bits per heavy atom. The number of hydrogen-bond donors (Lipinski definition) is 1. The van der Waals surface area contributed by atoms with Gasteiger partial charge in [-0.1, -0.05) is 49.1 Å². The molecule has 0 aliphatic heterocycles. The fourth-order valence-corrected chi connectivity index (χ4v) is 3.29. The number of halogens is 1. The summed E-state index contributed by atoms with van der Waals surface area (Å²) >= 11 is 6.24. The number of rotatable bonds is 3. The first-order chi connectivity index (χ1) is 8.14. The third kappa shape index (κ3) is 2.63. The van der Waals surface area contributed by atoms with Gasteiger partial charge in [0.25, 0.3) is 0 Å². The second-order valence-corrected chi connectivity index (χ2v) is 5.30. The van der Waals surface area contributed by atoms with E-state index in [0.717, 1.165) is 31.2 Å². The van der Waals surface area contributed by atoms with E-state index in [2.05, 4.69) is 0 Å². The largest absolute Gasteiger partial charge is 0.481 e. The van der Waals surface area contributed by atoms with Crippen LogP contribution in [0, 0.1) is 0 Å². The first-order valence-corrected chi connectivity index (χ1v) is 6.49. The van der Waals surface area contributed by atoms with Gasteiger partial charge in [-0.2, -0.15) is 0 Å². The topological polar surface area (TPSA) is 37.3 Å². The molecule has 1 aliphatic rings. The lowest BCUT2D eigenvalue weighted by Crippen LogP contribution is -2.32. The van der Waals surface area contributed by atoms with Gasteiger partial charge in [0.1, 0.15) is 0 Å². The molecule has 0 unspecified atom stereocenters. The zero-order chi connectivity index (χ0) is 12.3. The summed E-state index contributed by atoms with van der Waals surface area (Å²) in [5.41, 5.74) is 0.770. The molecule has 0 spiro atoms. The van der Waals surface area contributed by atoms with Gasteiger partial charge in [-0.15, -0.1) is 0 Å². The van der Waals surface area contributed by atoms with Gasteiger partial charge in [0.2, 0.25) is 0 Å². The maximum absolute atomic E-state index is 11.1. The summed E-state index contributed by atoms with van der Waals surface area (Å²) < 4.78 is 0. The van der Waals surface area contributed by atoms with Gasteiger partial charge in [-0.25, -0.2) is 0 Å². The number of carboxylic acid groups (broad SMARTS) is 1. The normalized spacial score (nSPS) is 18.9. The van der Waals surface area contributed by atoms with E-state index in [1.54, 1.807) is 0 Å². The number of carboxylic acids is 1. The van der Waals surface area contributed by atoms with Crippen LogP contribution in [-0.2, 0) is 10.2 Å². The molecule has 2 nitrogen and oxygen atoms in total. The average molecular weight is 253 g/mol. The zero-order valence-electron chi connectivity index (χ0n) is 9.79. The fourth-order valence-electron chi connectivity index (χ4n) is 2.95. The van der Waals surface area contributed by atoms with Gasteiger partial charge in [-0.3, -0.25) is 4.79 Å². The van der Waals surface area contributed by atoms with E-state index in [4.69, 9.17) is 16.7 Å². The minimum Gasteiger partial charge on any atom is -0.481 e. The molecule has 2 rings (SSSR count). The number of carbonyl (C=O) groups is 1. The molecular weight excluding hydrogens is 236 g/mol. The number of benzene rings is 1. The zero-order valence-corrected chi connectivity index (χ0v) is 10.5. The lowest BCUT2D eigenvalue weighted by molar-refractivity contribution is -0.138. The summed E-state index contributed by atoms with van der Waals surface area (Å²) in [6, 6.07) is 7.67. The maximum atomic E-state index is 11.1. The second-order valence-electron chi connectivity index (χ2n) is 4.89. The lowest BCUT2D eigenvalue weighted by Gasteiger charge is -2.37. The van der Waals surface area contributed by atoms with Crippen LogP contribution >= 0.6 is 11.6 Å². The van der Waals surface area contributed by atoms with Crippen LogP contribution < -0.4 is 0 Å². The Bertz CT molecular complexity index is 408. The van der Waals surface area contributed by atoms with Crippen LogP contribution in [0.15, 0.2) is 24.3 Å². The van der Waals surface area contributed by atoms with E-state index >= 15 is 0 Å². The first-order valence-electron chi connectivity index (χ1n) is 6.11. The van der Waals surface area contributed by atoms with Crippen LogP contribution in [0.3, 0.4) is 0 Å². The summed E-state index contributed by atoms with van der Waals surface area (Å²) in [5.74, 6) is -0.730. The minimum atomic E-state index is -0.730. The van der Waals surface area contributed by atoms with Crippen molar-refractivity contribution in [3.8, 4) is 0 Å². The molecule has 0 heterocycles. The molecule has 92 valence electrons. The number of hydrogen-bond acceptors (Lipinski definition) is 1. The molecule has 1 fully saturated rings. The molecule has 0 saturated heterocycles. The molecule has 1 saturated carbocycles. The summed E-state index contributed by atoms with van der Waals surface area (Å²) in [6.45, 7) is 0. The predicted octanol–water partition coefficient (Wildman–Crippen LogP) is 4.02. The van der Waals surface area contributed by atoms with Gasteiger partial charge in [0.15, 0.2) is 0 Å². The van der Waals surface area contributed by atoms with E-state index in [1.165, 1.54) is 6.42 Å². The molecule has 0 bridgehead atoms. The maximum Gasteiger partial charge on any atom is 0.304 e. The molecule has 0 radical (unpaired) electrons. The highest BCUT2D eigenvalue weighted by molar-refractivity contribution is 6.31. The van der Waals surface area contributed by atoms with E-state index < -0.39 is 5.97 Å². The Kier molecular flexibility index (Phi) is 3.72. The molecule has 1 aliphatic carbocycles. The SMILES string of the molecule is O=C(O)CC1(c2ccccc2Cl)CCCCC1. The van der Waals surface area contributed by atoms with E-state index in [1.807, 2.05) is 24.3 Å². The summed E-state index contributed by atoms with van der Waals surface area (Å²) in [6.07, 6.45) is 5.45. The highest BCUT2D eigenvalue weighted by Gasteiger charge is 2.37. The van der Waals surface area contributed by atoms with Crippen molar-refractivity contribution in [1.82, 2.24) is 0 Å². The molecule has 1 aromatic rings. The van der Waals surface area contributed by atoms with Gasteiger partial charge >= 0.3 is 5.97 Å². The molecule has 0 amide bonds. The van der Waals surface area contributed by atoms with Crippen LogP contribution in [0.1, 0.15) is 44.1 Å². The molecule has 1 aromatic carbocycles. The number of aliphatic carboxylic acids is 1. The third-order valence-corrected chi connectivity index (χ3v) is 4.08. The molecule has 17 heavy (non-hydrogen) atoms. The Morgan fingerprint density at radius 1 is 1.24 bits per heavy atom. The van der Waals surface area contributed by atoms with Crippen molar-refractivity contribution >= 4 is 17.6 Å². The van der Waals surface area contributed by atoms with Crippen LogP contribution in [0.25, 0.3) is 0 Å². The Labute approximate surface area is 107 Å². The van der Waals surface area contributed by atoms with Crippen molar-refractivity contribution in [3.05, 3.63) is 34.9 Å². The highest BCUT2D eigenvalue weighted by atomic mass is 35.5. The molecule has 0 aromatic heterocycles. The van der Waals surface area contributed by atoms with Gasteiger partial charge in [-0.05, 0) is 24.5 Å². The molecular formula is C14H17ClO2. The first kappa shape index (κ1) is 12.4. The predicted molar refractivity (Wildman–Crippen MR) is 68.5 cm³/mol. The van der Waals surface area contributed by atoms with E-state index in [-0.39, 0.29) is 11.8 Å². The molecule has 3 heteroatoms. The van der Waals surface area contributed by atoms with Crippen molar-refractivity contribution in [2.45, 2.75) is 43.9 Å². The van der Waals surface area contributed by atoms with Crippen LogP contribution in [0.4, 0.5) is 0 Å². The van der Waals surface area contributed by atoms with Crippen molar-refractivity contribution < 1.29 is 9.90 Å². The average Bonchev–Trinajstić information content (AvgIpc) is 2.29. The van der Waals surface area contributed by atoms with Crippen molar-refractivity contribution in [1.29, 1.82) is 0 Å². The van der Waals surface area contributed by atoms with Gasteiger partial charge in [0, 0.05) is 10.4 Å². The Balaban J connectivity index is 2.39. The fraction of sp³-hybridized carbons (Fsp3) is 0.500.